The number of anilines is 1. The molecule has 0 aliphatic rings. The van der Waals surface area contributed by atoms with Crippen molar-refractivity contribution >= 4 is 31.2 Å². The summed E-state index contributed by atoms with van der Waals surface area (Å²) in [6, 6.07) is 12.7. The van der Waals surface area contributed by atoms with Gasteiger partial charge in [0, 0.05) is 23.4 Å². The fraction of sp³-hybridized carbons (Fsp3) is 0.158. The second-order valence-corrected chi connectivity index (χ2v) is 10.4. The Morgan fingerprint density at radius 1 is 0.968 bits per heavy atom. The second-order valence-electron chi connectivity index (χ2n) is 6.55. The zero-order chi connectivity index (χ0) is 22.8. The van der Waals surface area contributed by atoms with E-state index in [0.717, 1.165) is 6.07 Å². The fourth-order valence-electron chi connectivity index (χ4n) is 2.70. The van der Waals surface area contributed by atoms with Crippen LogP contribution in [-0.4, -0.2) is 37.7 Å². The minimum atomic E-state index is -4.05. The standard InChI is InChI=1S/C19H18N4O6S2/c1-3-30(26,27)19-11-10-17(20-21-19)14-5-7-15(8-6-14)22-31(28,29)18-12-16(23(24)25)9-4-13(18)2/h4-12,22H,3H2,1-2H3. The van der Waals surface area contributed by atoms with E-state index in [1.165, 1.54) is 43.3 Å². The first-order valence-electron chi connectivity index (χ1n) is 8.98. The zero-order valence-electron chi connectivity index (χ0n) is 16.5. The lowest BCUT2D eigenvalue weighted by Crippen LogP contribution is -2.14. The molecule has 162 valence electrons. The van der Waals surface area contributed by atoms with Crippen LogP contribution in [0.15, 0.2) is 64.5 Å². The Balaban J connectivity index is 1.84. The number of nitrogens with zero attached hydrogens (tertiary/aromatic N) is 3. The van der Waals surface area contributed by atoms with Crippen LogP contribution in [0.1, 0.15) is 12.5 Å². The molecule has 2 aromatic carbocycles. The van der Waals surface area contributed by atoms with Gasteiger partial charge in [-0.3, -0.25) is 14.8 Å². The molecule has 1 N–H and O–H groups in total. The van der Waals surface area contributed by atoms with Crippen LogP contribution in [0.5, 0.6) is 0 Å². The Morgan fingerprint density at radius 2 is 1.65 bits per heavy atom. The van der Waals surface area contributed by atoms with Gasteiger partial charge in [-0.15, -0.1) is 10.2 Å². The second kappa shape index (κ2) is 8.40. The first-order valence-corrected chi connectivity index (χ1v) is 12.1. The molecule has 0 fully saturated rings. The van der Waals surface area contributed by atoms with E-state index in [4.69, 9.17) is 0 Å². The molecule has 0 unspecified atom stereocenters. The van der Waals surface area contributed by atoms with Crippen LogP contribution in [0.4, 0.5) is 11.4 Å². The van der Waals surface area contributed by atoms with Gasteiger partial charge < -0.3 is 0 Å². The summed E-state index contributed by atoms with van der Waals surface area (Å²) in [5.41, 5.74) is 1.30. The number of rotatable bonds is 7. The number of sulfonamides is 1. The van der Waals surface area contributed by atoms with Gasteiger partial charge in [0.1, 0.15) is 0 Å². The average Bonchev–Trinajstić information content (AvgIpc) is 2.74. The van der Waals surface area contributed by atoms with Gasteiger partial charge in [0.25, 0.3) is 15.7 Å². The largest absolute Gasteiger partial charge is 0.280 e. The van der Waals surface area contributed by atoms with Crippen molar-refractivity contribution in [1.29, 1.82) is 0 Å². The van der Waals surface area contributed by atoms with Gasteiger partial charge in [0.05, 0.1) is 21.3 Å². The molecule has 31 heavy (non-hydrogen) atoms. The molecule has 3 rings (SSSR count). The van der Waals surface area contributed by atoms with Gasteiger partial charge >= 0.3 is 0 Å². The molecular weight excluding hydrogens is 444 g/mol. The number of nitro benzene ring substituents is 1. The predicted octanol–water partition coefficient (Wildman–Crippen LogP) is 2.95. The normalized spacial score (nSPS) is 11.8. The van der Waals surface area contributed by atoms with Gasteiger partial charge in [0.2, 0.25) is 0 Å². The average molecular weight is 463 g/mol. The van der Waals surface area contributed by atoms with Crippen molar-refractivity contribution in [2.45, 2.75) is 23.8 Å². The lowest BCUT2D eigenvalue weighted by Gasteiger charge is -2.11. The molecule has 0 amide bonds. The van der Waals surface area contributed by atoms with E-state index in [-0.39, 0.29) is 27.0 Å². The van der Waals surface area contributed by atoms with Crippen molar-refractivity contribution in [3.8, 4) is 11.3 Å². The van der Waals surface area contributed by atoms with Crippen LogP contribution in [0.3, 0.4) is 0 Å². The molecule has 1 aromatic heterocycles. The Kier molecular flexibility index (Phi) is 6.04. The van der Waals surface area contributed by atoms with Crippen LogP contribution >= 0.6 is 0 Å². The molecule has 0 radical (unpaired) electrons. The molecule has 0 aliphatic heterocycles. The van der Waals surface area contributed by atoms with Crippen molar-refractivity contribution in [3.05, 3.63) is 70.3 Å². The zero-order valence-corrected chi connectivity index (χ0v) is 18.1. The summed E-state index contributed by atoms with van der Waals surface area (Å²) in [5, 5.41) is 18.5. The highest BCUT2D eigenvalue weighted by atomic mass is 32.2. The maximum absolute atomic E-state index is 12.7. The van der Waals surface area contributed by atoms with E-state index >= 15 is 0 Å². The lowest BCUT2D eigenvalue weighted by molar-refractivity contribution is -0.385. The summed E-state index contributed by atoms with van der Waals surface area (Å²) in [5.74, 6) is -0.0834. The van der Waals surface area contributed by atoms with Crippen molar-refractivity contribution in [2.24, 2.45) is 0 Å². The maximum Gasteiger partial charge on any atom is 0.270 e. The summed E-state index contributed by atoms with van der Waals surface area (Å²) < 4.78 is 51.4. The SMILES string of the molecule is CCS(=O)(=O)c1ccc(-c2ccc(NS(=O)(=O)c3cc([N+](=O)[O-])ccc3C)cc2)nn1. The van der Waals surface area contributed by atoms with Crippen LogP contribution in [0.2, 0.25) is 0 Å². The summed E-state index contributed by atoms with van der Waals surface area (Å²) >= 11 is 0. The van der Waals surface area contributed by atoms with E-state index in [9.17, 15) is 26.9 Å². The van der Waals surface area contributed by atoms with Gasteiger partial charge in [-0.25, -0.2) is 16.8 Å². The Morgan fingerprint density at radius 3 is 2.19 bits per heavy atom. The third kappa shape index (κ3) is 4.86. The molecule has 0 spiro atoms. The number of non-ortho nitro benzene ring substituents is 1. The maximum atomic E-state index is 12.7. The Bertz CT molecular complexity index is 1340. The lowest BCUT2D eigenvalue weighted by atomic mass is 10.1. The van der Waals surface area contributed by atoms with Crippen LogP contribution in [0.25, 0.3) is 11.3 Å². The molecule has 12 heteroatoms. The Hall–Kier alpha value is -3.38. The highest BCUT2D eigenvalue weighted by Gasteiger charge is 2.21. The van der Waals surface area contributed by atoms with Crippen molar-refractivity contribution in [3.63, 3.8) is 0 Å². The molecular formula is C19H18N4O6S2. The smallest absolute Gasteiger partial charge is 0.270 e. The summed E-state index contributed by atoms with van der Waals surface area (Å²) in [7, 11) is -7.51. The first kappa shape index (κ1) is 22.3. The monoisotopic (exact) mass is 462 g/mol. The van der Waals surface area contributed by atoms with Crippen LogP contribution < -0.4 is 4.72 Å². The van der Waals surface area contributed by atoms with Gasteiger partial charge in [-0.2, -0.15) is 0 Å². The van der Waals surface area contributed by atoms with E-state index in [0.29, 0.717) is 16.8 Å². The third-order valence-electron chi connectivity index (χ3n) is 4.44. The van der Waals surface area contributed by atoms with Gasteiger partial charge in [-0.05, 0) is 36.8 Å². The molecule has 0 saturated heterocycles. The number of sulfone groups is 1. The van der Waals surface area contributed by atoms with Crippen molar-refractivity contribution in [2.75, 3.05) is 10.5 Å². The number of aryl methyl sites for hydroxylation is 1. The van der Waals surface area contributed by atoms with Crippen LogP contribution in [-0.2, 0) is 19.9 Å². The predicted molar refractivity (Wildman–Crippen MR) is 114 cm³/mol. The minimum absolute atomic E-state index is 0.0834. The number of hydrogen-bond donors (Lipinski definition) is 1. The van der Waals surface area contributed by atoms with Gasteiger partial charge in [0.15, 0.2) is 14.9 Å². The first-order chi connectivity index (χ1) is 14.5. The highest BCUT2D eigenvalue weighted by Crippen LogP contribution is 2.25. The minimum Gasteiger partial charge on any atom is -0.280 e. The molecule has 1 heterocycles. The van der Waals surface area contributed by atoms with E-state index in [1.807, 2.05) is 0 Å². The summed E-state index contributed by atoms with van der Waals surface area (Å²) in [6.45, 7) is 3.06. The van der Waals surface area contributed by atoms with E-state index in [1.54, 1.807) is 19.1 Å². The number of nitrogens with one attached hydrogen (secondary N) is 1. The number of hydrogen-bond acceptors (Lipinski definition) is 8. The third-order valence-corrected chi connectivity index (χ3v) is 7.58. The number of benzene rings is 2. The van der Waals surface area contributed by atoms with Crippen molar-refractivity contribution < 1.29 is 21.8 Å². The molecule has 0 saturated carbocycles. The van der Waals surface area contributed by atoms with Crippen molar-refractivity contribution in [1.82, 2.24) is 10.2 Å². The summed E-state index contributed by atoms with van der Waals surface area (Å²) in [4.78, 5) is 10.1. The van der Waals surface area contributed by atoms with E-state index < -0.39 is 24.8 Å². The van der Waals surface area contributed by atoms with Gasteiger partial charge in [-0.1, -0.05) is 25.1 Å². The molecule has 0 atom stereocenters. The Labute approximate surface area is 179 Å². The summed E-state index contributed by atoms with van der Waals surface area (Å²) in [6.07, 6.45) is 0. The molecule has 3 aromatic rings. The fourth-order valence-corrected chi connectivity index (χ4v) is 4.76. The number of aromatic nitrogens is 2. The highest BCUT2D eigenvalue weighted by molar-refractivity contribution is 7.92. The van der Waals surface area contributed by atoms with E-state index in [2.05, 4.69) is 14.9 Å². The molecule has 10 nitrogen and oxygen atoms in total. The topological polar surface area (TPSA) is 149 Å². The molecule has 0 bridgehead atoms. The van der Waals surface area contributed by atoms with Crippen LogP contribution in [0, 0.1) is 17.0 Å². The molecule has 0 aliphatic carbocycles. The number of nitro groups is 1. The quantitative estimate of drug-likeness (QED) is 0.416.